The first kappa shape index (κ1) is 17.0. The van der Waals surface area contributed by atoms with Gasteiger partial charge in [-0.25, -0.2) is 4.98 Å². The molecule has 0 atom stereocenters. The number of fused-ring (bicyclic) bond motifs is 1. The molecule has 0 saturated heterocycles. The standard InChI is InChI=1S/C20H23N3O2/c1-13(2)12-25-17-7-5-16(6-8-17)22-20(24)19-15(4)21-18-11-14(3)9-10-23(18)19/h5-11,13H,12H2,1-4H3,(H,22,24). The summed E-state index contributed by atoms with van der Waals surface area (Å²) in [7, 11) is 0. The van der Waals surface area contributed by atoms with E-state index in [0.29, 0.717) is 23.9 Å². The third kappa shape index (κ3) is 3.82. The molecule has 0 aliphatic carbocycles. The summed E-state index contributed by atoms with van der Waals surface area (Å²) in [4.78, 5) is 17.2. The van der Waals surface area contributed by atoms with Crippen LogP contribution in [0.5, 0.6) is 5.75 Å². The number of aryl methyl sites for hydroxylation is 2. The number of carbonyl (C=O) groups is 1. The monoisotopic (exact) mass is 337 g/mol. The van der Waals surface area contributed by atoms with Crippen LogP contribution < -0.4 is 10.1 Å². The summed E-state index contributed by atoms with van der Waals surface area (Å²) in [5.74, 6) is 1.10. The largest absolute Gasteiger partial charge is 0.493 e. The van der Waals surface area contributed by atoms with E-state index in [2.05, 4.69) is 24.1 Å². The van der Waals surface area contributed by atoms with Crippen LogP contribution in [-0.2, 0) is 0 Å². The zero-order valence-electron chi connectivity index (χ0n) is 15.0. The minimum absolute atomic E-state index is 0.176. The Morgan fingerprint density at radius 3 is 2.60 bits per heavy atom. The first-order chi connectivity index (χ1) is 11.9. The summed E-state index contributed by atoms with van der Waals surface area (Å²) in [5, 5.41) is 2.93. The highest BCUT2D eigenvalue weighted by molar-refractivity contribution is 6.04. The maximum absolute atomic E-state index is 12.7. The summed E-state index contributed by atoms with van der Waals surface area (Å²) in [6.07, 6.45) is 1.88. The van der Waals surface area contributed by atoms with E-state index in [1.165, 1.54) is 0 Å². The van der Waals surface area contributed by atoms with Crippen LogP contribution in [0.3, 0.4) is 0 Å². The average Bonchev–Trinajstić information content (AvgIpc) is 2.89. The SMILES string of the molecule is Cc1ccn2c(C(=O)Nc3ccc(OCC(C)C)cc3)c(C)nc2c1. The lowest BCUT2D eigenvalue weighted by atomic mass is 10.2. The average molecular weight is 337 g/mol. The summed E-state index contributed by atoms with van der Waals surface area (Å²) in [6.45, 7) is 8.74. The van der Waals surface area contributed by atoms with E-state index in [-0.39, 0.29) is 5.91 Å². The number of carbonyl (C=O) groups excluding carboxylic acids is 1. The second-order valence-corrected chi connectivity index (χ2v) is 6.66. The van der Waals surface area contributed by atoms with Crippen molar-refractivity contribution in [1.82, 2.24) is 9.38 Å². The Morgan fingerprint density at radius 2 is 1.92 bits per heavy atom. The fourth-order valence-electron chi connectivity index (χ4n) is 2.63. The second-order valence-electron chi connectivity index (χ2n) is 6.66. The molecule has 0 unspecified atom stereocenters. The maximum Gasteiger partial charge on any atom is 0.274 e. The highest BCUT2D eigenvalue weighted by atomic mass is 16.5. The van der Waals surface area contributed by atoms with Crippen molar-refractivity contribution in [3.05, 3.63) is 59.5 Å². The summed E-state index contributed by atoms with van der Waals surface area (Å²) >= 11 is 0. The molecule has 3 aromatic rings. The fraction of sp³-hybridized carbons (Fsp3) is 0.300. The summed E-state index contributed by atoms with van der Waals surface area (Å²) in [6, 6.07) is 11.3. The molecule has 0 aliphatic heterocycles. The molecule has 3 rings (SSSR count). The topological polar surface area (TPSA) is 55.6 Å². The van der Waals surface area contributed by atoms with E-state index in [4.69, 9.17) is 4.74 Å². The van der Waals surface area contributed by atoms with Gasteiger partial charge in [0.05, 0.1) is 12.3 Å². The zero-order chi connectivity index (χ0) is 18.0. The highest BCUT2D eigenvalue weighted by Crippen LogP contribution is 2.19. The zero-order valence-corrected chi connectivity index (χ0v) is 15.0. The van der Waals surface area contributed by atoms with Crippen molar-refractivity contribution in [3.8, 4) is 5.75 Å². The van der Waals surface area contributed by atoms with Gasteiger partial charge in [-0.2, -0.15) is 0 Å². The van der Waals surface area contributed by atoms with Gasteiger partial charge in [-0.3, -0.25) is 9.20 Å². The second kappa shape index (κ2) is 6.97. The van der Waals surface area contributed by atoms with Gasteiger partial charge in [-0.05, 0) is 61.7 Å². The van der Waals surface area contributed by atoms with Crippen LogP contribution >= 0.6 is 0 Å². The first-order valence-corrected chi connectivity index (χ1v) is 8.43. The van der Waals surface area contributed by atoms with Crippen molar-refractivity contribution < 1.29 is 9.53 Å². The number of aromatic nitrogens is 2. The number of benzene rings is 1. The van der Waals surface area contributed by atoms with Crippen LogP contribution in [0.1, 0.15) is 35.6 Å². The number of pyridine rings is 1. The third-order valence-corrected chi connectivity index (χ3v) is 3.87. The Hall–Kier alpha value is -2.82. The molecule has 0 fully saturated rings. The minimum atomic E-state index is -0.176. The Morgan fingerprint density at radius 1 is 1.20 bits per heavy atom. The van der Waals surface area contributed by atoms with Crippen molar-refractivity contribution in [2.24, 2.45) is 5.92 Å². The first-order valence-electron chi connectivity index (χ1n) is 8.43. The van der Waals surface area contributed by atoms with Crippen LogP contribution in [0.15, 0.2) is 42.6 Å². The van der Waals surface area contributed by atoms with E-state index in [1.807, 2.05) is 60.8 Å². The number of hydrogen-bond donors (Lipinski definition) is 1. The normalized spacial score (nSPS) is 11.1. The highest BCUT2D eigenvalue weighted by Gasteiger charge is 2.16. The molecule has 0 aliphatic rings. The lowest BCUT2D eigenvalue weighted by Crippen LogP contribution is -2.15. The molecular formula is C20H23N3O2. The summed E-state index contributed by atoms with van der Waals surface area (Å²) < 4.78 is 7.48. The Bertz CT molecular complexity index is 895. The lowest BCUT2D eigenvalue weighted by Gasteiger charge is -2.10. The molecule has 25 heavy (non-hydrogen) atoms. The van der Waals surface area contributed by atoms with Crippen LogP contribution in [0.2, 0.25) is 0 Å². The molecule has 5 heteroatoms. The van der Waals surface area contributed by atoms with Gasteiger partial charge >= 0.3 is 0 Å². The van der Waals surface area contributed by atoms with E-state index < -0.39 is 0 Å². The lowest BCUT2D eigenvalue weighted by molar-refractivity contribution is 0.102. The number of amides is 1. The van der Waals surface area contributed by atoms with Crippen LogP contribution in [0, 0.1) is 19.8 Å². The Labute approximate surface area is 147 Å². The molecule has 0 spiro atoms. The molecule has 130 valence electrons. The smallest absolute Gasteiger partial charge is 0.274 e. The third-order valence-electron chi connectivity index (χ3n) is 3.87. The van der Waals surface area contributed by atoms with Gasteiger partial charge in [-0.15, -0.1) is 0 Å². The predicted molar refractivity (Wildman–Crippen MR) is 99.4 cm³/mol. The number of rotatable bonds is 5. The van der Waals surface area contributed by atoms with Gasteiger partial charge in [0.2, 0.25) is 0 Å². The number of anilines is 1. The maximum atomic E-state index is 12.7. The number of ether oxygens (including phenoxy) is 1. The van der Waals surface area contributed by atoms with Crippen LogP contribution in [0.4, 0.5) is 5.69 Å². The molecule has 2 heterocycles. The van der Waals surface area contributed by atoms with Crippen molar-refractivity contribution in [1.29, 1.82) is 0 Å². The van der Waals surface area contributed by atoms with Gasteiger partial charge in [0.25, 0.3) is 5.91 Å². The molecule has 5 nitrogen and oxygen atoms in total. The quantitative estimate of drug-likeness (QED) is 0.758. The van der Waals surface area contributed by atoms with Crippen LogP contribution in [-0.4, -0.2) is 21.9 Å². The Kier molecular flexibility index (Phi) is 4.74. The Balaban J connectivity index is 1.77. The van der Waals surface area contributed by atoms with Crippen LogP contribution in [0.25, 0.3) is 5.65 Å². The van der Waals surface area contributed by atoms with Gasteiger partial charge in [0.1, 0.15) is 17.1 Å². The molecule has 1 aromatic carbocycles. The number of nitrogens with zero attached hydrogens (tertiary/aromatic N) is 2. The van der Waals surface area contributed by atoms with Gasteiger partial charge in [0.15, 0.2) is 0 Å². The van der Waals surface area contributed by atoms with E-state index in [1.54, 1.807) is 0 Å². The molecule has 0 bridgehead atoms. The molecule has 1 N–H and O–H groups in total. The van der Waals surface area contributed by atoms with E-state index >= 15 is 0 Å². The van der Waals surface area contributed by atoms with Gasteiger partial charge in [0, 0.05) is 11.9 Å². The number of hydrogen-bond acceptors (Lipinski definition) is 3. The molecule has 2 aromatic heterocycles. The molecule has 1 amide bonds. The van der Waals surface area contributed by atoms with Crippen molar-refractivity contribution in [2.75, 3.05) is 11.9 Å². The van der Waals surface area contributed by atoms with Crippen molar-refractivity contribution in [3.63, 3.8) is 0 Å². The predicted octanol–water partition coefficient (Wildman–Crippen LogP) is 4.24. The van der Waals surface area contributed by atoms with E-state index in [0.717, 1.165) is 22.6 Å². The number of nitrogens with one attached hydrogen (secondary N) is 1. The van der Waals surface area contributed by atoms with Crippen molar-refractivity contribution >= 4 is 17.2 Å². The van der Waals surface area contributed by atoms with E-state index in [9.17, 15) is 4.79 Å². The molecular weight excluding hydrogens is 314 g/mol. The minimum Gasteiger partial charge on any atom is -0.493 e. The van der Waals surface area contributed by atoms with Gasteiger partial charge < -0.3 is 10.1 Å². The number of imidazole rings is 1. The fourth-order valence-corrected chi connectivity index (χ4v) is 2.63. The molecule has 0 saturated carbocycles. The van der Waals surface area contributed by atoms with Crippen molar-refractivity contribution in [2.45, 2.75) is 27.7 Å². The molecule has 0 radical (unpaired) electrons. The summed E-state index contributed by atoms with van der Waals surface area (Å²) in [5.41, 5.74) is 3.88. The van der Waals surface area contributed by atoms with Gasteiger partial charge in [-0.1, -0.05) is 13.8 Å².